The SMILES string of the molecule is Cc1c(NC(=O)n2cc3ccccc3c2)cccc1-c1ncnc2[nH]c(-c3ccc(N4CCOCC4)cc3)cc12. The Morgan fingerprint density at radius 1 is 0.925 bits per heavy atom. The number of nitrogens with one attached hydrogen (secondary N) is 2. The molecule has 4 heterocycles. The third kappa shape index (κ3) is 4.38. The smallest absolute Gasteiger partial charge is 0.330 e. The van der Waals surface area contributed by atoms with Crippen molar-refractivity contribution >= 4 is 39.2 Å². The number of anilines is 2. The number of fused-ring (bicyclic) bond motifs is 2. The number of hydrogen-bond acceptors (Lipinski definition) is 5. The fourth-order valence-electron chi connectivity index (χ4n) is 5.39. The van der Waals surface area contributed by atoms with Gasteiger partial charge in [0, 0.05) is 53.5 Å². The van der Waals surface area contributed by atoms with Crippen molar-refractivity contribution < 1.29 is 9.53 Å². The molecule has 40 heavy (non-hydrogen) atoms. The van der Waals surface area contributed by atoms with Gasteiger partial charge in [-0.05, 0) is 53.1 Å². The molecule has 0 atom stereocenters. The van der Waals surface area contributed by atoms with Crippen molar-refractivity contribution in [1.82, 2.24) is 19.5 Å². The number of carbonyl (C=O) groups excluding carboxylic acids is 1. The molecule has 0 radical (unpaired) electrons. The summed E-state index contributed by atoms with van der Waals surface area (Å²) in [5.41, 5.74) is 7.46. The van der Waals surface area contributed by atoms with Crippen molar-refractivity contribution in [2.75, 3.05) is 36.5 Å². The highest BCUT2D eigenvalue weighted by molar-refractivity contribution is 5.99. The Bertz CT molecular complexity index is 1810. The van der Waals surface area contributed by atoms with Gasteiger partial charge >= 0.3 is 6.03 Å². The van der Waals surface area contributed by atoms with E-state index in [0.717, 1.165) is 81.9 Å². The molecular weight excluding hydrogens is 500 g/mol. The van der Waals surface area contributed by atoms with Crippen molar-refractivity contribution in [3.63, 3.8) is 0 Å². The number of H-pyrrole nitrogens is 1. The number of hydrogen-bond donors (Lipinski definition) is 2. The number of benzene rings is 3. The molecule has 1 saturated heterocycles. The van der Waals surface area contributed by atoms with Gasteiger partial charge in [-0.25, -0.2) is 14.8 Å². The van der Waals surface area contributed by atoms with E-state index < -0.39 is 0 Å². The molecule has 3 aromatic carbocycles. The van der Waals surface area contributed by atoms with Gasteiger partial charge in [0.2, 0.25) is 0 Å². The number of amides is 1. The van der Waals surface area contributed by atoms with Gasteiger partial charge in [0.25, 0.3) is 0 Å². The zero-order chi connectivity index (χ0) is 27.1. The van der Waals surface area contributed by atoms with Gasteiger partial charge in [0.15, 0.2) is 0 Å². The minimum atomic E-state index is -0.214. The molecule has 8 nitrogen and oxygen atoms in total. The first-order chi connectivity index (χ1) is 19.6. The van der Waals surface area contributed by atoms with Gasteiger partial charge < -0.3 is 19.9 Å². The molecule has 1 aliphatic rings. The summed E-state index contributed by atoms with van der Waals surface area (Å²) in [5, 5.41) is 6.04. The molecule has 0 aliphatic carbocycles. The third-order valence-corrected chi connectivity index (χ3v) is 7.60. The van der Waals surface area contributed by atoms with Crippen LogP contribution in [0, 0.1) is 6.92 Å². The van der Waals surface area contributed by atoms with Gasteiger partial charge in [-0.2, -0.15) is 0 Å². The molecule has 8 heteroatoms. The van der Waals surface area contributed by atoms with E-state index >= 15 is 0 Å². The highest BCUT2D eigenvalue weighted by Gasteiger charge is 2.17. The monoisotopic (exact) mass is 528 g/mol. The Balaban J connectivity index is 1.19. The van der Waals surface area contributed by atoms with Crippen LogP contribution in [0.3, 0.4) is 0 Å². The fourth-order valence-corrected chi connectivity index (χ4v) is 5.39. The maximum atomic E-state index is 13.1. The van der Waals surface area contributed by atoms with Crippen LogP contribution in [-0.4, -0.2) is 51.9 Å². The largest absolute Gasteiger partial charge is 0.378 e. The van der Waals surface area contributed by atoms with Gasteiger partial charge in [-0.15, -0.1) is 0 Å². The maximum Gasteiger partial charge on any atom is 0.330 e. The van der Waals surface area contributed by atoms with Crippen LogP contribution in [0.2, 0.25) is 0 Å². The summed E-state index contributed by atoms with van der Waals surface area (Å²) >= 11 is 0. The van der Waals surface area contributed by atoms with Crippen LogP contribution in [0.25, 0.3) is 44.3 Å². The van der Waals surface area contributed by atoms with Crippen LogP contribution in [0.1, 0.15) is 5.56 Å². The second-order valence-corrected chi connectivity index (χ2v) is 10.0. The number of ether oxygens (including phenoxy) is 1. The Morgan fingerprint density at radius 2 is 1.68 bits per heavy atom. The van der Waals surface area contributed by atoms with E-state index in [0.29, 0.717) is 0 Å². The normalized spacial score (nSPS) is 13.7. The van der Waals surface area contributed by atoms with Gasteiger partial charge in [-0.1, -0.05) is 48.5 Å². The molecule has 1 amide bonds. The van der Waals surface area contributed by atoms with E-state index in [-0.39, 0.29) is 6.03 Å². The first-order valence-electron chi connectivity index (χ1n) is 13.4. The Kier molecular flexibility index (Phi) is 6.02. The lowest BCUT2D eigenvalue weighted by atomic mass is 10.0. The lowest BCUT2D eigenvalue weighted by molar-refractivity contribution is 0.122. The number of nitrogens with zero attached hydrogens (tertiary/aromatic N) is 4. The minimum Gasteiger partial charge on any atom is -0.378 e. The molecule has 0 bridgehead atoms. The molecular formula is C32H28N6O2. The van der Waals surface area contributed by atoms with Crippen LogP contribution in [-0.2, 0) is 4.74 Å². The van der Waals surface area contributed by atoms with Crippen LogP contribution >= 0.6 is 0 Å². The molecule has 0 saturated carbocycles. The molecule has 3 aromatic heterocycles. The molecule has 1 aliphatic heterocycles. The summed E-state index contributed by atoms with van der Waals surface area (Å²) in [6.45, 7) is 5.35. The van der Waals surface area contributed by atoms with Gasteiger partial charge in [0.05, 0.1) is 18.9 Å². The molecule has 0 spiro atoms. The van der Waals surface area contributed by atoms with Crippen molar-refractivity contribution in [2.24, 2.45) is 0 Å². The molecule has 0 unspecified atom stereocenters. The quantitative estimate of drug-likeness (QED) is 0.274. The van der Waals surface area contributed by atoms with E-state index in [4.69, 9.17) is 4.74 Å². The second-order valence-electron chi connectivity index (χ2n) is 10.0. The zero-order valence-corrected chi connectivity index (χ0v) is 22.1. The highest BCUT2D eigenvalue weighted by Crippen LogP contribution is 2.34. The first kappa shape index (κ1) is 24.1. The molecule has 198 valence electrons. The summed E-state index contributed by atoms with van der Waals surface area (Å²) in [6, 6.07) is 24.3. The lowest BCUT2D eigenvalue weighted by Crippen LogP contribution is -2.36. The highest BCUT2D eigenvalue weighted by atomic mass is 16.5. The second kappa shape index (κ2) is 9.98. The molecule has 7 rings (SSSR count). The number of carbonyl (C=O) groups is 1. The summed E-state index contributed by atoms with van der Waals surface area (Å²) in [4.78, 5) is 28.1. The zero-order valence-electron chi connectivity index (χ0n) is 22.1. The average molecular weight is 529 g/mol. The third-order valence-electron chi connectivity index (χ3n) is 7.60. The summed E-state index contributed by atoms with van der Waals surface area (Å²) < 4.78 is 7.07. The van der Waals surface area contributed by atoms with Crippen molar-refractivity contribution in [2.45, 2.75) is 6.92 Å². The average Bonchev–Trinajstić information content (AvgIpc) is 3.64. The molecule has 1 fully saturated rings. The lowest BCUT2D eigenvalue weighted by Gasteiger charge is -2.28. The number of morpholine rings is 1. The Labute approximate surface area is 231 Å². The van der Waals surface area contributed by atoms with E-state index in [1.54, 1.807) is 10.9 Å². The predicted molar refractivity (Wildman–Crippen MR) is 159 cm³/mol. The minimum absolute atomic E-state index is 0.214. The van der Waals surface area contributed by atoms with E-state index in [1.165, 1.54) is 5.69 Å². The summed E-state index contributed by atoms with van der Waals surface area (Å²) in [6.07, 6.45) is 5.26. The van der Waals surface area contributed by atoms with Gasteiger partial charge in [0.1, 0.15) is 12.0 Å². The van der Waals surface area contributed by atoms with Crippen molar-refractivity contribution in [1.29, 1.82) is 0 Å². The van der Waals surface area contributed by atoms with Crippen molar-refractivity contribution in [3.8, 4) is 22.5 Å². The standard InChI is InChI=1S/C32H28N6O2/c1-21-26(7-4-8-28(21)36-32(39)38-18-23-5-2-3-6-24(23)19-38)30-27-17-29(35-31(27)34-20-33-30)22-9-11-25(12-10-22)37-13-15-40-16-14-37/h2-12,17-20H,13-16H2,1H3,(H,36,39)(H,33,34,35). The Morgan fingerprint density at radius 3 is 2.42 bits per heavy atom. The van der Waals surface area contributed by atoms with E-state index in [2.05, 4.69) is 55.5 Å². The fraction of sp³-hybridized carbons (Fsp3) is 0.156. The molecule has 6 aromatic rings. The van der Waals surface area contributed by atoms with Crippen molar-refractivity contribution in [3.05, 3.63) is 97.1 Å². The van der Waals surface area contributed by atoms with Gasteiger partial charge in [-0.3, -0.25) is 4.57 Å². The van der Waals surface area contributed by atoms with Crippen LogP contribution < -0.4 is 10.2 Å². The summed E-state index contributed by atoms with van der Waals surface area (Å²) in [7, 11) is 0. The topological polar surface area (TPSA) is 88.1 Å². The number of rotatable bonds is 4. The number of aromatic amines is 1. The maximum absolute atomic E-state index is 13.1. The molecule has 2 N–H and O–H groups in total. The predicted octanol–water partition coefficient (Wildman–Crippen LogP) is 6.47. The number of aromatic nitrogens is 4. The van der Waals surface area contributed by atoms with Crippen LogP contribution in [0.15, 0.2) is 91.5 Å². The summed E-state index contributed by atoms with van der Waals surface area (Å²) in [5.74, 6) is 0. The van der Waals surface area contributed by atoms with Crippen LogP contribution in [0.4, 0.5) is 16.2 Å². The van der Waals surface area contributed by atoms with E-state index in [9.17, 15) is 4.79 Å². The van der Waals surface area contributed by atoms with Crippen LogP contribution in [0.5, 0.6) is 0 Å². The first-order valence-corrected chi connectivity index (χ1v) is 13.4. The van der Waals surface area contributed by atoms with E-state index in [1.807, 2.05) is 61.8 Å². The Hall–Kier alpha value is -4.95.